The van der Waals surface area contributed by atoms with Crippen molar-refractivity contribution in [2.45, 2.75) is 136 Å². The van der Waals surface area contributed by atoms with Gasteiger partial charge in [-0.25, -0.2) is 4.57 Å². The zero-order chi connectivity index (χ0) is 41.8. The minimum Gasteiger partial charge on any atom is -0.462 e. The van der Waals surface area contributed by atoms with E-state index in [1.54, 1.807) is 0 Å². The Bertz CT molecular complexity index is 1340. The predicted molar refractivity (Wildman–Crippen MR) is 237 cm³/mol. The molecule has 0 rings (SSSR count). The smallest absolute Gasteiger partial charge is 0.462 e. The normalized spacial score (nSPS) is 14.5. The summed E-state index contributed by atoms with van der Waals surface area (Å²) in [5.41, 5.74) is 5.34. The van der Waals surface area contributed by atoms with Crippen LogP contribution >= 0.6 is 7.82 Å². The number of hydrogen-bond acceptors (Lipinski definition) is 8. The minimum atomic E-state index is -4.41. The summed E-state index contributed by atoms with van der Waals surface area (Å²) in [6.07, 6.45) is 56.7. The highest BCUT2D eigenvalue weighted by Crippen LogP contribution is 2.43. The Hall–Kier alpha value is -3.59. The average molecular weight is 812 g/mol. The third kappa shape index (κ3) is 41.9. The van der Waals surface area contributed by atoms with Crippen molar-refractivity contribution >= 4 is 19.8 Å². The molecule has 0 aromatic heterocycles. The van der Waals surface area contributed by atoms with Gasteiger partial charge in [-0.2, -0.15) is 0 Å². The molecular formula is C47H74NO8P. The van der Waals surface area contributed by atoms with Crippen molar-refractivity contribution in [3.05, 3.63) is 122 Å². The summed E-state index contributed by atoms with van der Waals surface area (Å²) in [7, 11) is -4.41. The topological polar surface area (TPSA) is 134 Å². The quantitative estimate of drug-likeness (QED) is 0.0272. The number of unbranched alkanes of at least 4 members (excludes halogenated alkanes) is 4. The van der Waals surface area contributed by atoms with Gasteiger partial charge in [0.2, 0.25) is 0 Å². The second-order valence-electron chi connectivity index (χ2n) is 13.1. The average Bonchev–Trinajstić information content (AvgIpc) is 3.20. The van der Waals surface area contributed by atoms with Crippen molar-refractivity contribution in [3.8, 4) is 0 Å². The molecule has 0 bridgehead atoms. The van der Waals surface area contributed by atoms with E-state index in [2.05, 4.69) is 123 Å². The highest BCUT2D eigenvalue weighted by molar-refractivity contribution is 7.47. The Labute approximate surface area is 345 Å². The summed E-state index contributed by atoms with van der Waals surface area (Å²) in [5, 5.41) is 0. The lowest BCUT2D eigenvalue weighted by molar-refractivity contribution is -0.161. The standard InChI is InChI=1S/C47H74NO8P/c1-3-5-7-9-11-13-15-17-19-21-22-24-25-27-29-31-33-35-37-39-46(49)53-43-45(44-55-57(51,52)54-42-41-48)56-47(50)40-38-36-34-32-30-28-26-23-20-18-16-14-12-10-8-6-4-2/h5,7-8,10-11,13-14,16-17,19-20,22-24,27-30,33,35,45H,3-4,6,9,12,15,18,21,25-26,31-32,34,36-44,48H2,1-2H3,(H,51,52)/b7-5+,10-8+,13-11+,16-14+,19-17+,23-20+,24-22+,29-27+,30-28+,35-33+/t45-/m1/s1. The maximum atomic E-state index is 12.6. The van der Waals surface area contributed by atoms with E-state index in [1.165, 1.54) is 6.42 Å². The molecule has 0 aliphatic carbocycles. The number of esters is 2. The van der Waals surface area contributed by atoms with Crippen molar-refractivity contribution in [3.63, 3.8) is 0 Å². The Morgan fingerprint density at radius 1 is 0.544 bits per heavy atom. The summed E-state index contributed by atoms with van der Waals surface area (Å²) in [6, 6.07) is 0. The van der Waals surface area contributed by atoms with Crippen LogP contribution < -0.4 is 5.73 Å². The van der Waals surface area contributed by atoms with Crippen LogP contribution in [-0.2, 0) is 32.7 Å². The Morgan fingerprint density at radius 3 is 1.47 bits per heavy atom. The van der Waals surface area contributed by atoms with Crippen LogP contribution in [0.2, 0.25) is 0 Å². The Morgan fingerprint density at radius 2 is 1.00 bits per heavy atom. The van der Waals surface area contributed by atoms with E-state index < -0.39 is 32.5 Å². The van der Waals surface area contributed by atoms with Crippen molar-refractivity contribution in [1.82, 2.24) is 0 Å². The van der Waals surface area contributed by atoms with Crippen LogP contribution in [0.5, 0.6) is 0 Å². The SMILES string of the molecule is CC/C=C/C/C=C/C/C=C/C/C=C/C/C=C/C/C=C/CCC(=O)OC[C@H](COP(=O)(O)OCCN)OC(=O)CCCCC/C=C/C/C=C/C/C=C/C/C=C/CCC. The fourth-order valence-electron chi connectivity index (χ4n) is 4.77. The molecule has 2 atom stereocenters. The molecular weight excluding hydrogens is 737 g/mol. The van der Waals surface area contributed by atoms with Crippen molar-refractivity contribution in [2.75, 3.05) is 26.4 Å². The summed E-state index contributed by atoms with van der Waals surface area (Å²) >= 11 is 0. The molecule has 0 aromatic rings. The Kier molecular flexibility index (Phi) is 39.4. The van der Waals surface area contributed by atoms with Gasteiger partial charge in [0.25, 0.3) is 0 Å². The first-order valence-electron chi connectivity index (χ1n) is 21.0. The lowest BCUT2D eigenvalue weighted by atomic mass is 10.1. The molecule has 0 fully saturated rings. The molecule has 0 saturated carbocycles. The van der Waals surface area contributed by atoms with Gasteiger partial charge in [-0.1, -0.05) is 148 Å². The molecule has 0 aliphatic heterocycles. The van der Waals surface area contributed by atoms with Crippen molar-refractivity contribution in [1.29, 1.82) is 0 Å². The zero-order valence-corrected chi connectivity index (χ0v) is 35.9. The molecule has 320 valence electrons. The predicted octanol–water partition coefficient (Wildman–Crippen LogP) is 12.2. The van der Waals surface area contributed by atoms with Gasteiger partial charge >= 0.3 is 19.8 Å². The van der Waals surface area contributed by atoms with Gasteiger partial charge in [0.1, 0.15) is 6.61 Å². The third-order valence-corrected chi connectivity index (χ3v) is 8.81. The van der Waals surface area contributed by atoms with E-state index in [0.29, 0.717) is 12.8 Å². The first-order chi connectivity index (χ1) is 27.8. The monoisotopic (exact) mass is 812 g/mol. The molecule has 10 heteroatoms. The van der Waals surface area contributed by atoms with Crippen LogP contribution in [0.4, 0.5) is 0 Å². The summed E-state index contributed by atoms with van der Waals surface area (Å²) in [4.78, 5) is 34.8. The maximum absolute atomic E-state index is 12.6. The second-order valence-corrected chi connectivity index (χ2v) is 14.6. The van der Waals surface area contributed by atoms with Gasteiger partial charge in [0.15, 0.2) is 6.10 Å². The fourth-order valence-corrected chi connectivity index (χ4v) is 5.53. The van der Waals surface area contributed by atoms with Crippen LogP contribution in [0.15, 0.2) is 122 Å². The van der Waals surface area contributed by atoms with Crippen molar-refractivity contribution in [2.24, 2.45) is 5.73 Å². The first kappa shape index (κ1) is 53.4. The van der Waals surface area contributed by atoms with E-state index in [0.717, 1.165) is 83.5 Å². The van der Waals surface area contributed by atoms with Crippen LogP contribution in [0.1, 0.15) is 129 Å². The number of allylic oxidation sites excluding steroid dienone is 20. The van der Waals surface area contributed by atoms with Crippen molar-refractivity contribution < 1.29 is 37.6 Å². The van der Waals surface area contributed by atoms with E-state index in [-0.39, 0.29) is 32.6 Å². The van der Waals surface area contributed by atoms with E-state index >= 15 is 0 Å². The van der Waals surface area contributed by atoms with Crippen LogP contribution in [0, 0.1) is 0 Å². The molecule has 9 nitrogen and oxygen atoms in total. The largest absolute Gasteiger partial charge is 0.472 e. The minimum absolute atomic E-state index is 0.0308. The second kappa shape index (κ2) is 42.0. The first-order valence-corrected chi connectivity index (χ1v) is 22.5. The number of ether oxygens (including phenoxy) is 2. The van der Waals surface area contributed by atoms with Crippen LogP contribution in [-0.4, -0.2) is 49.3 Å². The van der Waals surface area contributed by atoms with E-state index in [4.69, 9.17) is 24.3 Å². The third-order valence-electron chi connectivity index (χ3n) is 7.83. The number of hydrogen-bond donors (Lipinski definition) is 2. The van der Waals surface area contributed by atoms with E-state index in [9.17, 15) is 19.0 Å². The molecule has 57 heavy (non-hydrogen) atoms. The highest BCUT2D eigenvalue weighted by Gasteiger charge is 2.25. The Balaban J connectivity index is 4.39. The fraction of sp³-hybridized carbons (Fsp3) is 0.532. The highest BCUT2D eigenvalue weighted by atomic mass is 31.2. The molecule has 0 amide bonds. The summed E-state index contributed by atoms with van der Waals surface area (Å²) in [5.74, 6) is -0.978. The molecule has 0 heterocycles. The summed E-state index contributed by atoms with van der Waals surface area (Å²) < 4.78 is 32.6. The number of phosphoric acid groups is 1. The lowest BCUT2D eigenvalue weighted by Crippen LogP contribution is -2.29. The molecule has 0 aromatic carbocycles. The number of phosphoric ester groups is 1. The number of carbonyl (C=O) groups is 2. The number of nitrogens with two attached hydrogens (primary N) is 1. The summed E-state index contributed by atoms with van der Waals surface area (Å²) in [6.45, 7) is 3.39. The van der Waals surface area contributed by atoms with Crippen LogP contribution in [0.3, 0.4) is 0 Å². The van der Waals surface area contributed by atoms with Gasteiger partial charge in [-0.15, -0.1) is 0 Å². The number of rotatable bonds is 37. The molecule has 3 N–H and O–H groups in total. The van der Waals surface area contributed by atoms with E-state index in [1.807, 2.05) is 12.2 Å². The molecule has 0 radical (unpaired) electrons. The lowest BCUT2D eigenvalue weighted by Gasteiger charge is -2.19. The van der Waals surface area contributed by atoms with Gasteiger partial charge in [0, 0.05) is 19.4 Å². The zero-order valence-electron chi connectivity index (χ0n) is 35.0. The van der Waals surface area contributed by atoms with Gasteiger partial charge in [0.05, 0.1) is 13.2 Å². The van der Waals surface area contributed by atoms with Gasteiger partial charge in [-0.05, 0) is 89.9 Å². The maximum Gasteiger partial charge on any atom is 0.472 e. The molecule has 0 spiro atoms. The molecule has 0 aliphatic rings. The van der Waals surface area contributed by atoms with Gasteiger partial charge < -0.3 is 20.1 Å². The van der Waals surface area contributed by atoms with Gasteiger partial charge in [-0.3, -0.25) is 18.6 Å². The van der Waals surface area contributed by atoms with Crippen LogP contribution in [0.25, 0.3) is 0 Å². The number of carbonyl (C=O) groups excluding carboxylic acids is 2. The molecule has 1 unspecified atom stereocenters. The molecule has 0 saturated heterocycles.